The molecule has 114 valence electrons. The largest absolute Gasteiger partial charge is 0.395 e. The van der Waals surface area contributed by atoms with Crippen molar-refractivity contribution in [3.8, 4) is 0 Å². The number of ether oxygens (including phenoxy) is 1. The number of aromatic nitrogens is 1. The van der Waals surface area contributed by atoms with Gasteiger partial charge >= 0.3 is 4.87 Å². The molecular weight excluding hydrogens is 280 g/mol. The first kappa shape index (κ1) is 16.9. The molecule has 0 unspecified atom stereocenters. The third-order valence-corrected chi connectivity index (χ3v) is 3.92. The summed E-state index contributed by atoms with van der Waals surface area (Å²) in [5.74, 6) is -0.0166. The first-order chi connectivity index (χ1) is 9.60. The zero-order chi connectivity index (χ0) is 15.0. The molecule has 7 heteroatoms. The number of methoxy groups -OCH3 is 1. The molecule has 0 saturated carbocycles. The van der Waals surface area contributed by atoms with Gasteiger partial charge in [0.25, 0.3) is 0 Å². The molecule has 0 aliphatic carbocycles. The molecule has 1 rings (SSSR count). The van der Waals surface area contributed by atoms with Crippen LogP contribution in [-0.4, -0.2) is 53.9 Å². The number of thiazole rings is 1. The Labute approximate surface area is 122 Å². The highest BCUT2D eigenvalue weighted by Gasteiger charge is 2.12. The number of aliphatic hydroxyl groups is 1. The quantitative estimate of drug-likeness (QED) is 0.719. The normalized spacial score (nSPS) is 10.8. The van der Waals surface area contributed by atoms with Crippen LogP contribution in [0.3, 0.4) is 0 Å². The average molecular weight is 302 g/mol. The molecule has 0 atom stereocenters. The molecule has 1 aromatic heterocycles. The van der Waals surface area contributed by atoms with Crippen LogP contribution in [0.2, 0.25) is 0 Å². The van der Waals surface area contributed by atoms with Gasteiger partial charge in [-0.15, -0.1) is 0 Å². The standard InChI is InChI=1S/C13H22N2O4S/c1-11-10-20-13(18)15(11)5-3-4-12(17)14(6-8-16)7-9-19-2/h10,16H,3-9H2,1-2H3. The van der Waals surface area contributed by atoms with Crippen LogP contribution in [0.25, 0.3) is 0 Å². The van der Waals surface area contributed by atoms with Crippen molar-refractivity contribution >= 4 is 17.2 Å². The maximum absolute atomic E-state index is 12.0. The first-order valence-corrected chi connectivity index (χ1v) is 7.50. The van der Waals surface area contributed by atoms with Gasteiger partial charge in [0.05, 0.1) is 13.2 Å². The average Bonchev–Trinajstić information content (AvgIpc) is 2.75. The predicted molar refractivity (Wildman–Crippen MR) is 78.1 cm³/mol. The fourth-order valence-corrected chi connectivity index (χ4v) is 2.67. The summed E-state index contributed by atoms with van der Waals surface area (Å²) in [6.45, 7) is 3.63. The maximum Gasteiger partial charge on any atom is 0.307 e. The Morgan fingerprint density at radius 2 is 2.25 bits per heavy atom. The van der Waals surface area contributed by atoms with E-state index in [1.807, 2.05) is 12.3 Å². The fourth-order valence-electron chi connectivity index (χ4n) is 1.90. The van der Waals surface area contributed by atoms with Crippen molar-refractivity contribution in [2.24, 2.45) is 0 Å². The highest BCUT2D eigenvalue weighted by molar-refractivity contribution is 7.07. The van der Waals surface area contributed by atoms with Gasteiger partial charge in [0.15, 0.2) is 0 Å². The van der Waals surface area contributed by atoms with E-state index in [1.54, 1.807) is 16.6 Å². The number of aryl methyl sites for hydroxylation is 1. The number of amides is 1. The minimum absolute atomic E-state index is 0.0153. The molecule has 0 saturated heterocycles. The smallest absolute Gasteiger partial charge is 0.307 e. The number of hydrogen-bond donors (Lipinski definition) is 1. The van der Waals surface area contributed by atoms with Crippen LogP contribution in [-0.2, 0) is 16.1 Å². The molecule has 0 aliphatic heterocycles. The summed E-state index contributed by atoms with van der Waals surface area (Å²) in [5, 5.41) is 10.8. The third kappa shape index (κ3) is 5.07. The van der Waals surface area contributed by atoms with Crippen LogP contribution in [0.15, 0.2) is 10.2 Å². The fraction of sp³-hybridized carbons (Fsp3) is 0.692. The Balaban J connectivity index is 2.42. The Morgan fingerprint density at radius 1 is 1.50 bits per heavy atom. The van der Waals surface area contributed by atoms with Gasteiger partial charge in [-0.05, 0) is 13.3 Å². The van der Waals surface area contributed by atoms with E-state index in [2.05, 4.69) is 0 Å². The van der Waals surface area contributed by atoms with Crippen LogP contribution in [0.4, 0.5) is 0 Å². The topological polar surface area (TPSA) is 71.8 Å². The molecule has 0 spiro atoms. The van der Waals surface area contributed by atoms with E-state index in [4.69, 9.17) is 9.84 Å². The number of rotatable bonds is 9. The summed E-state index contributed by atoms with van der Waals surface area (Å²) in [6, 6.07) is 0. The maximum atomic E-state index is 12.0. The van der Waals surface area contributed by atoms with E-state index in [0.29, 0.717) is 39.1 Å². The van der Waals surface area contributed by atoms with Crippen LogP contribution in [0, 0.1) is 6.92 Å². The van der Waals surface area contributed by atoms with Gasteiger partial charge in [0, 0.05) is 44.2 Å². The molecular formula is C13H22N2O4S. The van der Waals surface area contributed by atoms with Crippen LogP contribution in [0.5, 0.6) is 0 Å². The summed E-state index contributed by atoms with van der Waals surface area (Å²) < 4.78 is 6.63. The summed E-state index contributed by atoms with van der Waals surface area (Å²) >= 11 is 1.18. The molecule has 6 nitrogen and oxygen atoms in total. The van der Waals surface area contributed by atoms with Crippen molar-refractivity contribution in [2.75, 3.05) is 33.4 Å². The van der Waals surface area contributed by atoms with Gasteiger partial charge in [-0.3, -0.25) is 9.59 Å². The Kier molecular flexibility index (Phi) is 7.50. The molecule has 20 heavy (non-hydrogen) atoms. The molecule has 1 N–H and O–H groups in total. The van der Waals surface area contributed by atoms with Crippen molar-refractivity contribution in [3.05, 3.63) is 20.7 Å². The van der Waals surface area contributed by atoms with Gasteiger partial charge in [-0.25, -0.2) is 0 Å². The van der Waals surface area contributed by atoms with E-state index in [1.165, 1.54) is 11.3 Å². The summed E-state index contributed by atoms with van der Waals surface area (Å²) in [4.78, 5) is 25.1. The van der Waals surface area contributed by atoms with Crippen LogP contribution in [0.1, 0.15) is 18.5 Å². The van der Waals surface area contributed by atoms with Crippen molar-refractivity contribution in [1.82, 2.24) is 9.47 Å². The third-order valence-electron chi connectivity index (χ3n) is 3.04. The molecule has 1 aromatic rings. The number of nitrogens with zero attached hydrogens (tertiary/aromatic N) is 2. The minimum atomic E-state index is -0.0570. The number of hydrogen-bond acceptors (Lipinski definition) is 5. The molecule has 0 aromatic carbocycles. The van der Waals surface area contributed by atoms with E-state index in [0.717, 1.165) is 5.69 Å². The van der Waals surface area contributed by atoms with E-state index < -0.39 is 0 Å². The second-order valence-electron chi connectivity index (χ2n) is 4.50. The van der Waals surface area contributed by atoms with Gasteiger partial charge in [0.2, 0.25) is 5.91 Å². The first-order valence-electron chi connectivity index (χ1n) is 6.62. The lowest BCUT2D eigenvalue weighted by Crippen LogP contribution is -2.36. The zero-order valence-electron chi connectivity index (χ0n) is 12.0. The van der Waals surface area contributed by atoms with Gasteiger partial charge in [-0.1, -0.05) is 11.3 Å². The van der Waals surface area contributed by atoms with Crippen molar-refractivity contribution in [2.45, 2.75) is 26.3 Å². The van der Waals surface area contributed by atoms with Gasteiger partial charge < -0.3 is 19.3 Å². The second-order valence-corrected chi connectivity index (χ2v) is 5.32. The van der Waals surface area contributed by atoms with Gasteiger partial charge in [-0.2, -0.15) is 0 Å². The highest BCUT2D eigenvalue weighted by atomic mass is 32.1. The van der Waals surface area contributed by atoms with Crippen molar-refractivity contribution < 1.29 is 14.6 Å². The zero-order valence-corrected chi connectivity index (χ0v) is 12.8. The molecule has 1 amide bonds. The Morgan fingerprint density at radius 3 is 2.80 bits per heavy atom. The number of carbonyl (C=O) groups is 1. The van der Waals surface area contributed by atoms with Crippen LogP contribution >= 0.6 is 11.3 Å². The lowest BCUT2D eigenvalue weighted by molar-refractivity contribution is -0.132. The summed E-state index contributed by atoms with van der Waals surface area (Å²) in [7, 11) is 1.58. The van der Waals surface area contributed by atoms with Crippen molar-refractivity contribution in [3.63, 3.8) is 0 Å². The minimum Gasteiger partial charge on any atom is -0.395 e. The predicted octanol–water partition coefficient (Wildman–Crippen LogP) is 0.466. The summed E-state index contributed by atoms with van der Waals surface area (Å²) in [5.41, 5.74) is 0.930. The summed E-state index contributed by atoms with van der Waals surface area (Å²) in [6.07, 6.45) is 0.983. The lowest BCUT2D eigenvalue weighted by atomic mass is 10.2. The highest BCUT2D eigenvalue weighted by Crippen LogP contribution is 2.04. The molecule has 0 bridgehead atoms. The Hall–Kier alpha value is -1.18. The second kappa shape index (κ2) is 8.89. The van der Waals surface area contributed by atoms with E-state index >= 15 is 0 Å². The SMILES string of the molecule is COCCN(CCO)C(=O)CCCn1c(C)csc1=O. The Bertz CT molecular complexity index is 469. The van der Waals surface area contributed by atoms with E-state index in [9.17, 15) is 9.59 Å². The number of carbonyl (C=O) groups excluding carboxylic acids is 1. The monoisotopic (exact) mass is 302 g/mol. The van der Waals surface area contributed by atoms with Crippen molar-refractivity contribution in [1.29, 1.82) is 0 Å². The van der Waals surface area contributed by atoms with Gasteiger partial charge in [0.1, 0.15) is 0 Å². The van der Waals surface area contributed by atoms with Crippen LogP contribution < -0.4 is 4.87 Å². The molecule has 1 heterocycles. The molecule has 0 radical (unpaired) electrons. The number of aliphatic hydroxyl groups excluding tert-OH is 1. The molecule has 0 fully saturated rings. The van der Waals surface area contributed by atoms with E-state index in [-0.39, 0.29) is 17.4 Å². The molecule has 0 aliphatic rings. The lowest BCUT2D eigenvalue weighted by Gasteiger charge is -2.21.